The second-order valence-corrected chi connectivity index (χ2v) is 4.76. The Morgan fingerprint density at radius 1 is 1.41 bits per heavy atom. The molecule has 0 aromatic heterocycles. The van der Waals surface area contributed by atoms with Gasteiger partial charge in [-0.1, -0.05) is 6.07 Å². The number of carbonyl (C=O) groups excluding carboxylic acids is 1. The van der Waals surface area contributed by atoms with Crippen LogP contribution < -0.4 is 10.2 Å². The minimum Gasteiger partial charge on any atom is -0.311 e. The first-order valence-corrected chi connectivity index (χ1v) is 6.18. The Balaban J connectivity index is 2.40. The van der Waals surface area contributed by atoms with Gasteiger partial charge in [0.15, 0.2) is 0 Å². The topological polar surface area (TPSA) is 32.3 Å². The number of carbonyl (C=O) groups is 1. The normalized spacial score (nSPS) is 14.6. The van der Waals surface area contributed by atoms with E-state index in [0.29, 0.717) is 6.54 Å². The Morgan fingerprint density at radius 2 is 2.18 bits per heavy atom. The molecular weight excluding hydrogens is 212 g/mol. The second kappa shape index (κ2) is 4.88. The van der Waals surface area contributed by atoms with Crippen LogP contribution in [0.25, 0.3) is 0 Å². The molecule has 92 valence electrons. The smallest absolute Gasteiger partial charge is 0.240 e. The lowest BCUT2D eigenvalue weighted by molar-refractivity contribution is -0.117. The fourth-order valence-corrected chi connectivity index (χ4v) is 2.58. The van der Waals surface area contributed by atoms with Gasteiger partial charge in [0.25, 0.3) is 0 Å². The average molecular weight is 232 g/mol. The molecule has 1 aromatic carbocycles. The number of anilines is 1. The van der Waals surface area contributed by atoms with E-state index in [1.807, 2.05) is 11.9 Å². The van der Waals surface area contributed by atoms with Crippen LogP contribution >= 0.6 is 0 Å². The summed E-state index contributed by atoms with van der Waals surface area (Å²) >= 11 is 0. The molecule has 1 aromatic rings. The molecule has 0 saturated carbocycles. The number of hydrogen-bond donors (Lipinski definition) is 1. The summed E-state index contributed by atoms with van der Waals surface area (Å²) in [6.07, 6.45) is 2.15. The molecule has 1 heterocycles. The van der Waals surface area contributed by atoms with Gasteiger partial charge in [0.2, 0.25) is 5.91 Å². The van der Waals surface area contributed by atoms with Gasteiger partial charge in [-0.3, -0.25) is 4.79 Å². The minimum atomic E-state index is 0.165. The van der Waals surface area contributed by atoms with Crippen molar-refractivity contribution in [2.24, 2.45) is 0 Å². The van der Waals surface area contributed by atoms with Crippen LogP contribution in [0.4, 0.5) is 5.69 Å². The molecular formula is C14H20N2O. The van der Waals surface area contributed by atoms with Gasteiger partial charge in [0.05, 0.1) is 6.54 Å². The summed E-state index contributed by atoms with van der Waals surface area (Å²) in [6, 6.07) is 4.33. The Hall–Kier alpha value is -1.35. The Bertz CT molecular complexity index is 440. The standard InChI is InChI=1S/C14H20N2O/c1-10-7-11(2)12-5-4-6-16(13(12)8-10)14(17)9-15-3/h7-8,15H,4-6,9H2,1-3H3. The van der Waals surface area contributed by atoms with Crippen LogP contribution in [0.5, 0.6) is 0 Å². The summed E-state index contributed by atoms with van der Waals surface area (Å²) < 4.78 is 0. The molecule has 0 atom stereocenters. The third-order valence-corrected chi connectivity index (χ3v) is 3.32. The van der Waals surface area contributed by atoms with Crippen molar-refractivity contribution in [3.8, 4) is 0 Å². The highest BCUT2D eigenvalue weighted by molar-refractivity contribution is 5.96. The maximum atomic E-state index is 12.0. The quantitative estimate of drug-likeness (QED) is 0.843. The van der Waals surface area contributed by atoms with Gasteiger partial charge in [0, 0.05) is 12.2 Å². The van der Waals surface area contributed by atoms with Gasteiger partial charge >= 0.3 is 0 Å². The number of nitrogens with zero attached hydrogens (tertiary/aromatic N) is 1. The SMILES string of the molecule is CNCC(=O)N1CCCc2c(C)cc(C)cc21. The molecule has 0 fully saturated rings. The molecule has 2 rings (SSSR count). The van der Waals surface area contributed by atoms with Crippen molar-refractivity contribution in [2.75, 3.05) is 25.0 Å². The summed E-state index contributed by atoms with van der Waals surface area (Å²) in [5.74, 6) is 0.165. The predicted molar refractivity (Wildman–Crippen MR) is 70.5 cm³/mol. The van der Waals surface area contributed by atoms with Gasteiger partial charge in [-0.25, -0.2) is 0 Å². The fourth-order valence-electron chi connectivity index (χ4n) is 2.58. The predicted octanol–water partition coefficient (Wildman–Crippen LogP) is 1.80. The van der Waals surface area contributed by atoms with Crippen LogP contribution in [0.15, 0.2) is 12.1 Å². The molecule has 1 aliphatic heterocycles. The third-order valence-electron chi connectivity index (χ3n) is 3.32. The van der Waals surface area contributed by atoms with Crippen molar-refractivity contribution in [1.82, 2.24) is 5.32 Å². The summed E-state index contributed by atoms with van der Waals surface area (Å²) in [6.45, 7) is 5.48. The van der Waals surface area contributed by atoms with E-state index in [1.165, 1.54) is 16.7 Å². The molecule has 0 unspecified atom stereocenters. The van der Waals surface area contributed by atoms with Gasteiger partial charge in [-0.2, -0.15) is 0 Å². The van der Waals surface area contributed by atoms with E-state index in [4.69, 9.17) is 0 Å². The number of hydrogen-bond acceptors (Lipinski definition) is 2. The van der Waals surface area contributed by atoms with Crippen LogP contribution in [0.2, 0.25) is 0 Å². The van der Waals surface area contributed by atoms with E-state index in [2.05, 4.69) is 31.3 Å². The molecule has 0 spiro atoms. The number of benzene rings is 1. The Kier molecular flexibility index (Phi) is 3.48. The highest BCUT2D eigenvalue weighted by Crippen LogP contribution is 2.30. The molecule has 3 heteroatoms. The van der Waals surface area contributed by atoms with Gasteiger partial charge < -0.3 is 10.2 Å². The summed E-state index contributed by atoms with van der Waals surface area (Å²) in [7, 11) is 1.81. The molecule has 0 radical (unpaired) electrons. The van der Waals surface area contributed by atoms with E-state index >= 15 is 0 Å². The monoisotopic (exact) mass is 232 g/mol. The molecule has 17 heavy (non-hydrogen) atoms. The van der Waals surface area contributed by atoms with Gasteiger partial charge in [-0.05, 0) is 56.5 Å². The van der Waals surface area contributed by atoms with Crippen LogP contribution in [-0.4, -0.2) is 26.0 Å². The molecule has 1 aliphatic rings. The van der Waals surface area contributed by atoms with Crippen molar-refractivity contribution in [3.63, 3.8) is 0 Å². The first-order valence-electron chi connectivity index (χ1n) is 6.18. The summed E-state index contributed by atoms with van der Waals surface area (Å²) in [5, 5.41) is 2.93. The molecule has 0 aliphatic carbocycles. The van der Waals surface area contributed by atoms with Crippen LogP contribution in [-0.2, 0) is 11.2 Å². The number of amides is 1. The maximum Gasteiger partial charge on any atom is 0.240 e. The number of aryl methyl sites for hydroxylation is 2. The van der Waals surface area contributed by atoms with Gasteiger partial charge in [-0.15, -0.1) is 0 Å². The highest BCUT2D eigenvalue weighted by Gasteiger charge is 2.23. The van der Waals surface area contributed by atoms with Crippen molar-refractivity contribution >= 4 is 11.6 Å². The van der Waals surface area contributed by atoms with Crippen molar-refractivity contribution in [2.45, 2.75) is 26.7 Å². The lowest BCUT2D eigenvalue weighted by Crippen LogP contribution is -2.40. The van der Waals surface area contributed by atoms with Crippen LogP contribution in [0.1, 0.15) is 23.1 Å². The molecule has 0 bridgehead atoms. The van der Waals surface area contributed by atoms with Gasteiger partial charge in [0.1, 0.15) is 0 Å². The number of nitrogens with one attached hydrogen (secondary N) is 1. The van der Waals surface area contributed by atoms with E-state index in [1.54, 1.807) is 0 Å². The summed E-state index contributed by atoms with van der Waals surface area (Å²) in [5.41, 5.74) is 4.99. The Labute approximate surface area is 103 Å². The Morgan fingerprint density at radius 3 is 2.88 bits per heavy atom. The van der Waals surface area contributed by atoms with E-state index in [-0.39, 0.29) is 5.91 Å². The van der Waals surface area contributed by atoms with E-state index in [0.717, 1.165) is 25.1 Å². The first-order chi connectivity index (χ1) is 8.13. The average Bonchev–Trinajstić information content (AvgIpc) is 2.28. The third kappa shape index (κ3) is 2.34. The molecule has 1 N–H and O–H groups in total. The van der Waals surface area contributed by atoms with Crippen molar-refractivity contribution < 1.29 is 4.79 Å². The number of likely N-dealkylation sites (N-methyl/N-ethyl adjacent to an activating group) is 1. The van der Waals surface area contributed by atoms with Crippen LogP contribution in [0, 0.1) is 13.8 Å². The molecule has 3 nitrogen and oxygen atoms in total. The fraction of sp³-hybridized carbons (Fsp3) is 0.500. The highest BCUT2D eigenvalue weighted by atomic mass is 16.2. The maximum absolute atomic E-state index is 12.0. The molecule has 0 saturated heterocycles. The lowest BCUT2D eigenvalue weighted by atomic mass is 9.95. The van der Waals surface area contributed by atoms with E-state index in [9.17, 15) is 4.79 Å². The van der Waals surface area contributed by atoms with Crippen molar-refractivity contribution in [1.29, 1.82) is 0 Å². The lowest BCUT2D eigenvalue weighted by Gasteiger charge is -2.31. The zero-order chi connectivity index (χ0) is 12.4. The number of rotatable bonds is 2. The summed E-state index contributed by atoms with van der Waals surface area (Å²) in [4.78, 5) is 14.0. The zero-order valence-corrected chi connectivity index (χ0v) is 10.8. The second-order valence-electron chi connectivity index (χ2n) is 4.76. The minimum absolute atomic E-state index is 0.165. The molecule has 1 amide bonds. The van der Waals surface area contributed by atoms with E-state index < -0.39 is 0 Å². The first kappa shape index (κ1) is 12.1. The number of fused-ring (bicyclic) bond motifs is 1. The zero-order valence-electron chi connectivity index (χ0n) is 10.8. The van der Waals surface area contributed by atoms with Crippen molar-refractivity contribution in [3.05, 3.63) is 28.8 Å². The largest absolute Gasteiger partial charge is 0.311 e. The van der Waals surface area contributed by atoms with Crippen LogP contribution in [0.3, 0.4) is 0 Å².